The van der Waals surface area contributed by atoms with E-state index in [9.17, 15) is 21.6 Å². The summed E-state index contributed by atoms with van der Waals surface area (Å²) in [5.41, 5.74) is 0.660. The largest absolute Gasteiger partial charge is 0.326 e. The van der Waals surface area contributed by atoms with Gasteiger partial charge in [-0.3, -0.25) is 9.52 Å². The summed E-state index contributed by atoms with van der Waals surface area (Å²) in [5, 5.41) is 7.51. The molecule has 128 valence electrons. The van der Waals surface area contributed by atoms with Gasteiger partial charge in [-0.25, -0.2) is 22.0 Å². The molecule has 2 aromatic rings. The first-order valence-corrected chi connectivity index (χ1v) is 9.64. The Morgan fingerprint density at radius 2 is 1.29 bits per heavy atom. The Morgan fingerprint density at radius 1 is 0.833 bits per heavy atom. The Kier molecular flexibility index (Phi) is 4.92. The van der Waals surface area contributed by atoms with Crippen molar-refractivity contribution in [1.82, 2.24) is 0 Å². The lowest BCUT2D eigenvalue weighted by atomic mass is 10.3. The standard InChI is InChI=1S/C14H15N3O5S2/c1-10(18)16-11-2-8-14(9-3-11)24(21,22)17-12-4-6-13(7-5-12)23(15,19)20/h2-9,17H,1H3,(H,16,18)(H2,15,19,20). The molecule has 0 spiro atoms. The Bertz CT molecular complexity index is 950. The quantitative estimate of drug-likeness (QED) is 0.725. The van der Waals surface area contributed by atoms with Gasteiger partial charge in [0.15, 0.2) is 0 Å². The number of nitrogens with one attached hydrogen (secondary N) is 2. The number of nitrogens with two attached hydrogens (primary N) is 1. The second-order valence-electron chi connectivity index (χ2n) is 4.88. The first-order chi connectivity index (χ1) is 11.1. The average Bonchev–Trinajstić information content (AvgIpc) is 2.46. The van der Waals surface area contributed by atoms with Gasteiger partial charge in [0.2, 0.25) is 15.9 Å². The molecule has 4 N–H and O–H groups in total. The number of carbonyl (C=O) groups excluding carboxylic acids is 1. The minimum atomic E-state index is -3.85. The molecule has 1 amide bonds. The summed E-state index contributed by atoms with van der Waals surface area (Å²) in [6.07, 6.45) is 0. The van der Waals surface area contributed by atoms with Crippen molar-refractivity contribution < 1.29 is 21.6 Å². The van der Waals surface area contributed by atoms with Crippen molar-refractivity contribution in [3.8, 4) is 0 Å². The maximum Gasteiger partial charge on any atom is 0.261 e. The molecule has 8 nitrogen and oxygen atoms in total. The van der Waals surface area contributed by atoms with Crippen molar-refractivity contribution in [2.45, 2.75) is 16.7 Å². The highest BCUT2D eigenvalue weighted by molar-refractivity contribution is 7.92. The van der Waals surface area contributed by atoms with Gasteiger partial charge in [-0.1, -0.05) is 0 Å². The van der Waals surface area contributed by atoms with Crippen LogP contribution in [-0.4, -0.2) is 22.7 Å². The number of hydrogen-bond acceptors (Lipinski definition) is 5. The zero-order chi connectivity index (χ0) is 18.0. The van der Waals surface area contributed by atoms with Crippen molar-refractivity contribution in [1.29, 1.82) is 0 Å². The monoisotopic (exact) mass is 369 g/mol. The van der Waals surface area contributed by atoms with Gasteiger partial charge in [0.1, 0.15) is 0 Å². The number of amides is 1. The summed E-state index contributed by atoms with van der Waals surface area (Å²) in [6.45, 7) is 1.34. The van der Waals surface area contributed by atoms with Gasteiger partial charge < -0.3 is 5.32 Å². The molecule has 2 aromatic carbocycles. The van der Waals surface area contributed by atoms with Crippen molar-refractivity contribution in [2.24, 2.45) is 5.14 Å². The molecule has 0 heterocycles. The van der Waals surface area contributed by atoms with Gasteiger partial charge in [0, 0.05) is 18.3 Å². The van der Waals surface area contributed by atoms with Gasteiger partial charge in [-0.15, -0.1) is 0 Å². The van der Waals surface area contributed by atoms with Gasteiger partial charge >= 0.3 is 0 Å². The maximum absolute atomic E-state index is 12.3. The third-order valence-electron chi connectivity index (χ3n) is 2.92. The SMILES string of the molecule is CC(=O)Nc1ccc(S(=O)(=O)Nc2ccc(S(N)(=O)=O)cc2)cc1. The zero-order valence-electron chi connectivity index (χ0n) is 12.6. The van der Waals surface area contributed by atoms with Crippen molar-refractivity contribution in [3.63, 3.8) is 0 Å². The van der Waals surface area contributed by atoms with Gasteiger partial charge in [0.05, 0.1) is 9.79 Å². The van der Waals surface area contributed by atoms with E-state index in [2.05, 4.69) is 10.0 Å². The van der Waals surface area contributed by atoms with E-state index in [4.69, 9.17) is 5.14 Å². The van der Waals surface area contributed by atoms with Crippen LogP contribution in [0.5, 0.6) is 0 Å². The predicted octanol–water partition coefficient (Wildman–Crippen LogP) is 1.09. The number of benzene rings is 2. The molecule has 0 radical (unpaired) electrons. The summed E-state index contributed by atoms with van der Waals surface area (Å²) in [5.74, 6) is -0.265. The van der Waals surface area contributed by atoms with Crippen molar-refractivity contribution in [2.75, 3.05) is 10.0 Å². The summed E-state index contributed by atoms with van der Waals surface area (Å²) in [6, 6.07) is 10.6. The lowest BCUT2D eigenvalue weighted by molar-refractivity contribution is -0.114. The predicted molar refractivity (Wildman–Crippen MR) is 89.4 cm³/mol. The minimum Gasteiger partial charge on any atom is -0.326 e. The van der Waals surface area contributed by atoms with Crippen LogP contribution in [0.4, 0.5) is 11.4 Å². The van der Waals surface area contributed by atoms with Crippen molar-refractivity contribution >= 4 is 37.3 Å². The van der Waals surface area contributed by atoms with Crippen LogP contribution in [0.2, 0.25) is 0 Å². The van der Waals surface area contributed by atoms with Crippen molar-refractivity contribution in [3.05, 3.63) is 48.5 Å². The molecule has 0 unspecified atom stereocenters. The van der Waals surface area contributed by atoms with Crippen LogP contribution in [0.1, 0.15) is 6.92 Å². The Hall–Kier alpha value is -2.43. The number of anilines is 2. The molecule has 0 saturated carbocycles. The van der Waals surface area contributed by atoms with E-state index < -0.39 is 20.0 Å². The van der Waals surface area contributed by atoms with Crippen LogP contribution >= 0.6 is 0 Å². The molecule has 0 aromatic heterocycles. The number of hydrogen-bond donors (Lipinski definition) is 3. The van der Waals surface area contributed by atoms with E-state index in [1.165, 1.54) is 55.5 Å². The first kappa shape index (κ1) is 17.9. The van der Waals surface area contributed by atoms with Crippen LogP contribution in [0, 0.1) is 0 Å². The summed E-state index contributed by atoms with van der Waals surface area (Å²) < 4.78 is 49.2. The molecule has 0 aliphatic carbocycles. The lowest BCUT2D eigenvalue weighted by Gasteiger charge is -2.09. The average molecular weight is 369 g/mol. The summed E-state index contributed by atoms with van der Waals surface area (Å²) in [7, 11) is -7.69. The highest BCUT2D eigenvalue weighted by atomic mass is 32.2. The van der Waals surface area contributed by atoms with E-state index in [-0.39, 0.29) is 21.4 Å². The molecular weight excluding hydrogens is 354 g/mol. The molecule has 0 aliphatic heterocycles. The second kappa shape index (κ2) is 6.59. The third kappa shape index (κ3) is 4.54. The number of rotatable bonds is 5. The Labute approximate surface area is 139 Å². The highest BCUT2D eigenvalue weighted by Crippen LogP contribution is 2.19. The van der Waals surface area contributed by atoms with Crippen LogP contribution in [0.15, 0.2) is 58.3 Å². The fraction of sp³-hybridized carbons (Fsp3) is 0.0714. The molecule has 0 saturated heterocycles. The fourth-order valence-corrected chi connectivity index (χ4v) is 3.42. The molecule has 24 heavy (non-hydrogen) atoms. The third-order valence-corrected chi connectivity index (χ3v) is 5.25. The zero-order valence-corrected chi connectivity index (χ0v) is 14.2. The summed E-state index contributed by atoms with van der Waals surface area (Å²) in [4.78, 5) is 10.8. The fourth-order valence-electron chi connectivity index (χ4n) is 1.85. The topological polar surface area (TPSA) is 135 Å². The van der Waals surface area contributed by atoms with Crippen LogP contribution in [0.25, 0.3) is 0 Å². The van der Waals surface area contributed by atoms with E-state index in [0.29, 0.717) is 5.69 Å². The van der Waals surface area contributed by atoms with Crippen LogP contribution < -0.4 is 15.2 Å². The van der Waals surface area contributed by atoms with Gasteiger partial charge in [-0.2, -0.15) is 0 Å². The molecule has 0 aliphatic rings. The van der Waals surface area contributed by atoms with Gasteiger partial charge in [0.25, 0.3) is 10.0 Å². The normalized spacial score (nSPS) is 11.8. The number of sulfonamides is 2. The van der Waals surface area contributed by atoms with Gasteiger partial charge in [-0.05, 0) is 48.5 Å². The first-order valence-electron chi connectivity index (χ1n) is 6.61. The van der Waals surface area contributed by atoms with E-state index in [1.807, 2.05) is 0 Å². The molecule has 0 bridgehead atoms. The molecule has 0 atom stereocenters. The molecule has 0 fully saturated rings. The van der Waals surface area contributed by atoms with Crippen LogP contribution in [0.3, 0.4) is 0 Å². The lowest BCUT2D eigenvalue weighted by Crippen LogP contribution is -2.14. The van der Waals surface area contributed by atoms with E-state index in [1.54, 1.807) is 0 Å². The van der Waals surface area contributed by atoms with E-state index >= 15 is 0 Å². The summed E-state index contributed by atoms with van der Waals surface area (Å²) >= 11 is 0. The van der Waals surface area contributed by atoms with Crippen LogP contribution in [-0.2, 0) is 24.8 Å². The molecular formula is C14H15N3O5S2. The Morgan fingerprint density at radius 3 is 1.75 bits per heavy atom. The molecule has 10 heteroatoms. The highest BCUT2D eigenvalue weighted by Gasteiger charge is 2.15. The number of carbonyl (C=O) groups is 1. The maximum atomic E-state index is 12.3. The second-order valence-corrected chi connectivity index (χ2v) is 8.12. The van der Waals surface area contributed by atoms with E-state index in [0.717, 1.165) is 0 Å². The smallest absolute Gasteiger partial charge is 0.261 e. The minimum absolute atomic E-state index is 0.00729. The Balaban J connectivity index is 2.20. The molecule has 2 rings (SSSR count). The number of primary sulfonamides is 1.